The highest BCUT2D eigenvalue weighted by Gasteiger charge is 2.27. The van der Waals surface area contributed by atoms with Crippen LogP contribution in [0.2, 0.25) is 0 Å². The number of hydrogen-bond donors (Lipinski definition) is 2. The number of aryl methyl sites for hydroxylation is 1. The van der Waals surface area contributed by atoms with Gasteiger partial charge < -0.3 is 19.2 Å². The number of rotatable bonds is 5. The Morgan fingerprint density at radius 2 is 1.73 bits per heavy atom. The molecular formula is C25H25N5O6S. The largest absolute Gasteiger partial charge is 0.417 e. The van der Waals surface area contributed by atoms with E-state index in [0.29, 0.717) is 54.1 Å². The highest BCUT2D eigenvalue weighted by atomic mass is 32.2. The Kier molecular flexibility index (Phi) is 6.31. The standard InChI is InChI=1S/C25H25N5O6S/c1-28-8-10-30(11-9-28)37(34,35)19-5-3-4-16(12-19)17-13-20(24(32)29(2)15-17)23(31)26-18-6-7-22-21(14-18)27-25(33)36-22/h3-7,12-15H,8-11H2,1-2H3,(H,26,31)(H,27,33). The zero-order valence-electron chi connectivity index (χ0n) is 20.2. The molecule has 37 heavy (non-hydrogen) atoms. The number of pyridine rings is 1. The fraction of sp³-hybridized carbons (Fsp3) is 0.240. The van der Waals surface area contributed by atoms with Crippen molar-refractivity contribution >= 4 is 32.7 Å². The zero-order chi connectivity index (χ0) is 26.3. The van der Waals surface area contributed by atoms with E-state index in [9.17, 15) is 22.8 Å². The summed E-state index contributed by atoms with van der Waals surface area (Å²) in [4.78, 5) is 42.0. The molecule has 0 aliphatic carbocycles. The Balaban J connectivity index is 1.46. The number of H-pyrrole nitrogens is 1. The summed E-state index contributed by atoms with van der Waals surface area (Å²) in [6.45, 7) is 2.13. The van der Waals surface area contributed by atoms with Crippen LogP contribution in [-0.2, 0) is 17.1 Å². The first-order chi connectivity index (χ1) is 17.6. The number of carbonyl (C=O) groups is 1. The van der Waals surface area contributed by atoms with Crippen molar-refractivity contribution in [3.63, 3.8) is 0 Å². The molecule has 3 heterocycles. The highest BCUT2D eigenvalue weighted by molar-refractivity contribution is 7.89. The summed E-state index contributed by atoms with van der Waals surface area (Å²) in [6.07, 6.45) is 1.56. The second kappa shape index (κ2) is 9.47. The molecule has 12 heteroatoms. The molecule has 1 amide bonds. The third-order valence-electron chi connectivity index (χ3n) is 6.37. The predicted molar refractivity (Wildman–Crippen MR) is 138 cm³/mol. The first-order valence-corrected chi connectivity index (χ1v) is 13.0. The number of nitrogens with one attached hydrogen (secondary N) is 2. The van der Waals surface area contributed by atoms with Gasteiger partial charge in [-0.1, -0.05) is 12.1 Å². The molecule has 2 aromatic carbocycles. The summed E-state index contributed by atoms with van der Waals surface area (Å²) >= 11 is 0. The molecule has 0 unspecified atom stereocenters. The van der Waals surface area contributed by atoms with Crippen molar-refractivity contribution in [3.05, 3.63) is 81.2 Å². The molecule has 0 bridgehead atoms. The number of likely N-dealkylation sites (N-methyl/N-ethyl adjacent to an activating group) is 1. The number of benzene rings is 2. The Bertz CT molecular complexity index is 1730. The van der Waals surface area contributed by atoms with Crippen molar-refractivity contribution < 1.29 is 17.6 Å². The van der Waals surface area contributed by atoms with Crippen LogP contribution in [0.1, 0.15) is 10.4 Å². The number of fused-ring (bicyclic) bond motifs is 1. The predicted octanol–water partition coefficient (Wildman–Crippen LogP) is 1.68. The number of amides is 1. The van der Waals surface area contributed by atoms with Gasteiger partial charge in [0.05, 0.1) is 10.4 Å². The highest BCUT2D eigenvalue weighted by Crippen LogP contribution is 2.25. The number of piperazine rings is 1. The van der Waals surface area contributed by atoms with E-state index in [2.05, 4.69) is 15.2 Å². The lowest BCUT2D eigenvalue weighted by atomic mass is 10.1. The van der Waals surface area contributed by atoms with Gasteiger partial charge in [0, 0.05) is 45.1 Å². The molecule has 1 aliphatic rings. The lowest BCUT2D eigenvalue weighted by Gasteiger charge is -2.31. The minimum Gasteiger partial charge on any atom is -0.408 e. The average Bonchev–Trinajstić information content (AvgIpc) is 3.25. The van der Waals surface area contributed by atoms with Crippen LogP contribution in [0.3, 0.4) is 0 Å². The van der Waals surface area contributed by atoms with Crippen molar-refractivity contribution in [3.8, 4) is 11.1 Å². The van der Waals surface area contributed by atoms with Crippen LogP contribution < -0.4 is 16.6 Å². The monoisotopic (exact) mass is 523 g/mol. The number of sulfonamides is 1. The van der Waals surface area contributed by atoms with E-state index < -0.39 is 27.2 Å². The van der Waals surface area contributed by atoms with Crippen LogP contribution in [0.4, 0.5) is 5.69 Å². The van der Waals surface area contributed by atoms with Crippen molar-refractivity contribution in [2.45, 2.75) is 4.90 Å². The molecule has 5 rings (SSSR count). The molecule has 2 aromatic heterocycles. The first-order valence-electron chi connectivity index (χ1n) is 11.6. The Labute approximate surface area is 212 Å². The summed E-state index contributed by atoms with van der Waals surface area (Å²) in [5.41, 5.74) is 1.54. The number of nitrogens with zero attached hydrogens (tertiary/aromatic N) is 3. The van der Waals surface area contributed by atoms with Crippen LogP contribution in [0.25, 0.3) is 22.2 Å². The van der Waals surface area contributed by atoms with E-state index in [1.165, 1.54) is 34.1 Å². The topological polar surface area (TPSA) is 138 Å². The maximum Gasteiger partial charge on any atom is 0.417 e. The van der Waals surface area contributed by atoms with Gasteiger partial charge in [-0.15, -0.1) is 0 Å². The van der Waals surface area contributed by atoms with Gasteiger partial charge in [0.15, 0.2) is 5.58 Å². The van der Waals surface area contributed by atoms with Crippen LogP contribution >= 0.6 is 0 Å². The van der Waals surface area contributed by atoms with Crippen molar-refractivity contribution in [2.75, 3.05) is 38.5 Å². The van der Waals surface area contributed by atoms with Crippen LogP contribution in [0, 0.1) is 0 Å². The average molecular weight is 524 g/mol. The number of carbonyl (C=O) groups excluding carboxylic acids is 1. The Morgan fingerprint density at radius 3 is 2.49 bits per heavy atom. The van der Waals surface area contributed by atoms with Gasteiger partial charge in [0.2, 0.25) is 10.0 Å². The third kappa shape index (κ3) is 4.86. The SMILES string of the molecule is CN1CCN(S(=O)(=O)c2cccc(-c3cc(C(=O)Nc4ccc5oc(=O)[nH]c5c4)c(=O)n(C)c3)c2)CC1. The van der Waals surface area contributed by atoms with Gasteiger partial charge in [0.25, 0.3) is 11.5 Å². The number of anilines is 1. The summed E-state index contributed by atoms with van der Waals surface area (Å²) in [5.74, 6) is -1.26. The molecule has 1 aliphatic heterocycles. The maximum absolute atomic E-state index is 13.2. The fourth-order valence-electron chi connectivity index (χ4n) is 4.27. The number of oxazole rings is 1. The lowest BCUT2D eigenvalue weighted by Crippen LogP contribution is -2.47. The minimum atomic E-state index is -3.69. The van der Waals surface area contributed by atoms with E-state index in [4.69, 9.17) is 4.42 Å². The van der Waals surface area contributed by atoms with E-state index in [1.807, 2.05) is 7.05 Å². The van der Waals surface area contributed by atoms with Crippen LogP contribution in [0.5, 0.6) is 0 Å². The second-order valence-electron chi connectivity index (χ2n) is 8.97. The van der Waals surface area contributed by atoms with Crippen LogP contribution in [-0.4, -0.2) is 66.3 Å². The maximum atomic E-state index is 13.2. The van der Waals surface area contributed by atoms with Crippen molar-refractivity contribution in [1.29, 1.82) is 0 Å². The summed E-state index contributed by atoms with van der Waals surface area (Å²) in [7, 11) is -0.215. The van der Waals surface area contributed by atoms with Crippen molar-refractivity contribution in [2.24, 2.45) is 7.05 Å². The molecule has 11 nitrogen and oxygen atoms in total. The summed E-state index contributed by atoms with van der Waals surface area (Å²) in [5, 5.41) is 2.67. The molecule has 0 saturated carbocycles. The van der Waals surface area contributed by atoms with Gasteiger partial charge in [-0.05, 0) is 54.6 Å². The van der Waals surface area contributed by atoms with E-state index in [-0.39, 0.29) is 10.5 Å². The van der Waals surface area contributed by atoms with Crippen molar-refractivity contribution in [1.82, 2.24) is 18.8 Å². The van der Waals surface area contributed by atoms with Gasteiger partial charge in [-0.3, -0.25) is 14.6 Å². The molecule has 4 aromatic rings. The lowest BCUT2D eigenvalue weighted by molar-refractivity contribution is 0.102. The molecule has 0 radical (unpaired) electrons. The molecule has 192 valence electrons. The van der Waals surface area contributed by atoms with Gasteiger partial charge in [0.1, 0.15) is 5.56 Å². The second-order valence-corrected chi connectivity index (χ2v) is 10.9. The zero-order valence-corrected chi connectivity index (χ0v) is 21.0. The smallest absolute Gasteiger partial charge is 0.408 e. The quantitative estimate of drug-likeness (QED) is 0.406. The molecule has 0 atom stereocenters. The molecule has 2 N–H and O–H groups in total. The first kappa shape index (κ1) is 24.7. The molecule has 0 spiro atoms. The van der Waals surface area contributed by atoms with E-state index in [1.54, 1.807) is 36.5 Å². The molecule has 1 fully saturated rings. The van der Waals surface area contributed by atoms with Gasteiger partial charge in [-0.25, -0.2) is 13.2 Å². The van der Waals surface area contributed by atoms with E-state index >= 15 is 0 Å². The van der Waals surface area contributed by atoms with Gasteiger partial charge in [-0.2, -0.15) is 4.31 Å². The van der Waals surface area contributed by atoms with Gasteiger partial charge >= 0.3 is 5.76 Å². The summed E-state index contributed by atoms with van der Waals surface area (Å²) in [6, 6.07) is 12.5. The fourth-order valence-corrected chi connectivity index (χ4v) is 5.74. The number of aromatic amines is 1. The number of hydrogen-bond acceptors (Lipinski definition) is 7. The summed E-state index contributed by atoms with van der Waals surface area (Å²) < 4.78 is 34.2. The number of aromatic nitrogens is 2. The van der Waals surface area contributed by atoms with Crippen LogP contribution in [0.15, 0.2) is 73.6 Å². The van der Waals surface area contributed by atoms with E-state index in [0.717, 1.165) is 0 Å². The normalized spacial score (nSPS) is 15.2. The third-order valence-corrected chi connectivity index (χ3v) is 8.27. The minimum absolute atomic E-state index is 0.117. The molecule has 1 saturated heterocycles. The molecular weight excluding hydrogens is 498 g/mol. The Morgan fingerprint density at radius 1 is 0.973 bits per heavy atom. The Hall–Kier alpha value is -4.00.